The first-order chi connectivity index (χ1) is 23.0. The number of rotatable bonds is 19. The Morgan fingerprint density at radius 2 is 1.26 bits per heavy atom. The molecule has 0 aliphatic rings. The van der Waals surface area contributed by atoms with E-state index in [-0.39, 0.29) is 11.9 Å². The van der Waals surface area contributed by atoms with Crippen molar-refractivity contribution in [3.05, 3.63) is 125 Å². The van der Waals surface area contributed by atoms with Crippen molar-refractivity contribution in [1.82, 2.24) is 4.90 Å². The molecule has 0 aliphatic carbocycles. The van der Waals surface area contributed by atoms with E-state index in [4.69, 9.17) is 28.4 Å². The number of hydrogen-bond donors (Lipinski definition) is 0. The van der Waals surface area contributed by atoms with Crippen molar-refractivity contribution in [3.8, 4) is 17.2 Å². The van der Waals surface area contributed by atoms with Crippen molar-refractivity contribution >= 4 is 11.9 Å². The van der Waals surface area contributed by atoms with Gasteiger partial charge in [0.2, 0.25) is 0 Å². The number of methoxy groups -OCH3 is 2. The van der Waals surface area contributed by atoms with E-state index in [2.05, 4.69) is 11.0 Å². The van der Waals surface area contributed by atoms with E-state index in [0.29, 0.717) is 63.0 Å². The molecule has 0 saturated carbocycles. The number of carbonyl (C=O) groups is 2. The largest absolute Gasteiger partial charge is 0.492 e. The van der Waals surface area contributed by atoms with Crippen LogP contribution in [0.5, 0.6) is 17.2 Å². The van der Waals surface area contributed by atoms with Crippen LogP contribution >= 0.6 is 0 Å². The molecule has 0 saturated heterocycles. The van der Waals surface area contributed by atoms with E-state index >= 15 is 0 Å². The summed E-state index contributed by atoms with van der Waals surface area (Å²) in [5, 5.41) is 0. The van der Waals surface area contributed by atoms with Crippen LogP contribution in [-0.2, 0) is 33.8 Å². The van der Waals surface area contributed by atoms with Gasteiger partial charge in [-0.15, -0.1) is 0 Å². The number of para-hydroxylation sites is 1. The van der Waals surface area contributed by atoms with Gasteiger partial charge in [0.1, 0.15) is 37.1 Å². The summed E-state index contributed by atoms with van der Waals surface area (Å²) < 4.78 is 32.9. The normalized spacial score (nSPS) is 10.8. The molecule has 9 heteroatoms. The predicted molar refractivity (Wildman–Crippen MR) is 179 cm³/mol. The minimum atomic E-state index is -0.387. The van der Waals surface area contributed by atoms with Gasteiger partial charge in [-0.1, -0.05) is 42.5 Å². The fraction of sp³-hybridized carbons (Fsp3) is 0.316. The van der Waals surface area contributed by atoms with E-state index in [1.807, 2.05) is 54.6 Å². The molecule has 0 atom stereocenters. The fourth-order valence-corrected chi connectivity index (χ4v) is 4.80. The number of nitrogens with zero attached hydrogens (tertiary/aromatic N) is 1. The lowest BCUT2D eigenvalue weighted by Gasteiger charge is -2.23. The maximum absolute atomic E-state index is 12.1. The van der Waals surface area contributed by atoms with Crippen LogP contribution in [0, 0.1) is 0 Å². The Labute approximate surface area is 276 Å². The summed E-state index contributed by atoms with van der Waals surface area (Å²) in [6.45, 7) is 6.12. The van der Waals surface area contributed by atoms with Gasteiger partial charge in [-0.25, -0.2) is 9.59 Å². The van der Waals surface area contributed by atoms with Crippen molar-refractivity contribution < 1.29 is 38.0 Å². The van der Waals surface area contributed by atoms with Crippen LogP contribution < -0.4 is 14.2 Å². The van der Waals surface area contributed by atoms with Crippen molar-refractivity contribution in [1.29, 1.82) is 0 Å². The highest BCUT2D eigenvalue weighted by Crippen LogP contribution is 2.22. The van der Waals surface area contributed by atoms with Crippen LogP contribution in [0.1, 0.15) is 44.3 Å². The lowest BCUT2D eigenvalue weighted by Crippen LogP contribution is -2.30. The molecule has 0 N–H and O–H groups in total. The Morgan fingerprint density at radius 1 is 0.638 bits per heavy atom. The molecular formula is C38H43NO8. The summed E-state index contributed by atoms with van der Waals surface area (Å²) in [6, 6.07) is 30.4. The van der Waals surface area contributed by atoms with Crippen molar-refractivity contribution in [3.63, 3.8) is 0 Å². The zero-order valence-electron chi connectivity index (χ0n) is 27.3. The maximum atomic E-state index is 12.1. The van der Waals surface area contributed by atoms with Gasteiger partial charge in [0.05, 0.1) is 31.5 Å². The Bertz CT molecular complexity index is 1520. The number of hydrogen-bond acceptors (Lipinski definition) is 9. The molecule has 0 bridgehead atoms. The molecule has 0 heterocycles. The third-order valence-electron chi connectivity index (χ3n) is 7.37. The number of carbonyl (C=O) groups excluding carboxylic acids is 2. The lowest BCUT2D eigenvalue weighted by molar-refractivity contribution is 0.0525. The molecule has 0 aliphatic heterocycles. The SMILES string of the molecule is CCOC(=O)c1ccc(CN(CCOc2ccc(C(=O)OC)cc2)CCc2ccccc2OCc2ccc(OCCOC)cc2)cc1. The third kappa shape index (κ3) is 11.5. The molecular weight excluding hydrogens is 598 g/mol. The highest BCUT2D eigenvalue weighted by molar-refractivity contribution is 5.89. The maximum Gasteiger partial charge on any atom is 0.338 e. The summed E-state index contributed by atoms with van der Waals surface area (Å²) >= 11 is 0. The second-order valence-electron chi connectivity index (χ2n) is 10.7. The predicted octanol–water partition coefficient (Wildman–Crippen LogP) is 6.38. The van der Waals surface area contributed by atoms with Crippen molar-refractivity contribution in [2.75, 3.05) is 53.7 Å². The molecule has 4 aromatic rings. The first kappa shape index (κ1) is 35.0. The Hall–Kier alpha value is -4.86. The van der Waals surface area contributed by atoms with Crippen LogP contribution in [0.3, 0.4) is 0 Å². The van der Waals surface area contributed by atoms with Gasteiger partial charge < -0.3 is 28.4 Å². The molecule has 0 spiro atoms. The summed E-state index contributed by atoms with van der Waals surface area (Å²) in [6.07, 6.45) is 0.761. The molecule has 4 aromatic carbocycles. The van der Waals surface area contributed by atoms with E-state index in [9.17, 15) is 9.59 Å². The Balaban J connectivity index is 1.38. The van der Waals surface area contributed by atoms with Gasteiger partial charge in [-0.2, -0.15) is 0 Å². The minimum absolute atomic E-state index is 0.328. The number of benzene rings is 4. The molecule has 0 amide bonds. The molecule has 9 nitrogen and oxygen atoms in total. The van der Waals surface area contributed by atoms with E-state index in [1.165, 1.54) is 7.11 Å². The van der Waals surface area contributed by atoms with Gasteiger partial charge in [0.15, 0.2) is 0 Å². The van der Waals surface area contributed by atoms with Gasteiger partial charge in [0.25, 0.3) is 0 Å². The average Bonchev–Trinajstić information content (AvgIpc) is 3.11. The van der Waals surface area contributed by atoms with Gasteiger partial charge in [0, 0.05) is 26.7 Å². The Kier molecular flexibility index (Phi) is 14.1. The average molecular weight is 642 g/mol. The first-order valence-electron chi connectivity index (χ1n) is 15.7. The summed E-state index contributed by atoms with van der Waals surface area (Å²) in [4.78, 5) is 26.2. The van der Waals surface area contributed by atoms with Crippen LogP contribution in [0.15, 0.2) is 97.1 Å². The lowest BCUT2D eigenvalue weighted by atomic mass is 10.1. The molecule has 0 unspecified atom stereocenters. The van der Waals surface area contributed by atoms with E-state index in [0.717, 1.165) is 41.2 Å². The van der Waals surface area contributed by atoms with E-state index < -0.39 is 0 Å². The summed E-state index contributed by atoms with van der Waals surface area (Å²) in [7, 11) is 3.01. The molecule has 47 heavy (non-hydrogen) atoms. The van der Waals surface area contributed by atoms with Crippen molar-refractivity contribution in [2.45, 2.75) is 26.5 Å². The number of esters is 2. The van der Waals surface area contributed by atoms with E-state index in [1.54, 1.807) is 50.4 Å². The molecule has 0 fully saturated rings. The zero-order chi connectivity index (χ0) is 33.3. The molecule has 4 rings (SSSR count). The van der Waals surface area contributed by atoms with Crippen LogP contribution in [0.25, 0.3) is 0 Å². The van der Waals surface area contributed by atoms with Crippen LogP contribution in [-0.4, -0.2) is 70.6 Å². The molecule has 248 valence electrons. The second-order valence-corrected chi connectivity index (χ2v) is 10.7. The van der Waals surface area contributed by atoms with Gasteiger partial charge in [-0.3, -0.25) is 4.90 Å². The summed E-state index contributed by atoms with van der Waals surface area (Å²) in [5.41, 5.74) is 4.22. The highest BCUT2D eigenvalue weighted by Gasteiger charge is 2.12. The monoisotopic (exact) mass is 641 g/mol. The molecule has 0 aromatic heterocycles. The first-order valence-corrected chi connectivity index (χ1v) is 15.7. The minimum Gasteiger partial charge on any atom is -0.492 e. The Morgan fingerprint density at radius 3 is 1.94 bits per heavy atom. The van der Waals surface area contributed by atoms with Crippen LogP contribution in [0.4, 0.5) is 0 Å². The smallest absolute Gasteiger partial charge is 0.338 e. The topological polar surface area (TPSA) is 92.8 Å². The highest BCUT2D eigenvalue weighted by atomic mass is 16.5. The second kappa shape index (κ2) is 19.0. The summed E-state index contributed by atoms with van der Waals surface area (Å²) in [5.74, 6) is 1.59. The quantitative estimate of drug-likeness (QED) is 0.0855. The number of ether oxygens (including phenoxy) is 6. The van der Waals surface area contributed by atoms with Crippen LogP contribution in [0.2, 0.25) is 0 Å². The van der Waals surface area contributed by atoms with Gasteiger partial charge >= 0.3 is 11.9 Å². The fourth-order valence-electron chi connectivity index (χ4n) is 4.80. The standard InChI is InChI=1S/C38H43NO8/c1-4-44-38(41)33-13-9-29(10-14-33)27-39(23-24-45-35-19-15-32(16-20-35)37(40)43-3)22-21-31-7-5-6-8-36(31)47-28-30-11-17-34(18-12-30)46-26-25-42-2/h5-20H,4,21-28H2,1-3H3. The zero-order valence-corrected chi connectivity index (χ0v) is 27.3. The van der Waals surface area contributed by atoms with Crippen molar-refractivity contribution in [2.24, 2.45) is 0 Å². The molecule has 0 radical (unpaired) electrons. The van der Waals surface area contributed by atoms with Gasteiger partial charge in [-0.05, 0) is 84.6 Å². The third-order valence-corrected chi connectivity index (χ3v) is 7.37.